The summed E-state index contributed by atoms with van der Waals surface area (Å²) >= 11 is 0. The van der Waals surface area contributed by atoms with Crippen molar-refractivity contribution in [1.29, 1.82) is 0 Å². The largest absolute Gasteiger partial charge is 0.393 e. The summed E-state index contributed by atoms with van der Waals surface area (Å²) in [5.41, 5.74) is 1.47. The molecule has 36 heavy (non-hydrogen) atoms. The molecular weight excluding hydrogens is 470 g/mol. The van der Waals surface area contributed by atoms with E-state index >= 15 is 0 Å². The second-order valence-corrected chi connectivity index (χ2v) is 17.4. The van der Waals surface area contributed by atoms with Crippen molar-refractivity contribution < 1.29 is 18.3 Å². The van der Waals surface area contributed by atoms with Gasteiger partial charge >= 0.3 is 0 Å². The van der Waals surface area contributed by atoms with Gasteiger partial charge in [-0.1, -0.05) is 20.8 Å². The Kier molecular flexibility index (Phi) is 5.33. The Bertz CT molecular complexity index is 1020. The third kappa shape index (κ3) is 3.32. The van der Waals surface area contributed by atoms with Gasteiger partial charge < -0.3 is 9.84 Å². The monoisotopic (exact) mass is 519 g/mol. The average molecular weight is 520 g/mol. The van der Waals surface area contributed by atoms with Crippen molar-refractivity contribution in [3.8, 4) is 0 Å². The molecule has 1 heterocycles. The van der Waals surface area contributed by atoms with Crippen LogP contribution in [0.1, 0.15) is 97.8 Å². The van der Waals surface area contributed by atoms with E-state index in [1.165, 1.54) is 70.5 Å². The van der Waals surface area contributed by atoms with Gasteiger partial charge in [0.2, 0.25) is 10.0 Å². The van der Waals surface area contributed by atoms with E-state index in [1.54, 1.807) is 4.31 Å². The Morgan fingerprint density at radius 1 is 0.861 bits per heavy atom. The van der Waals surface area contributed by atoms with E-state index in [-0.39, 0.29) is 17.6 Å². The minimum atomic E-state index is -3.18. The number of hydrogen-bond acceptors (Lipinski definition) is 4. The molecule has 0 aromatic heterocycles. The Balaban J connectivity index is 1.09. The van der Waals surface area contributed by atoms with Gasteiger partial charge in [-0.05, 0) is 128 Å². The zero-order chi connectivity index (χ0) is 25.3. The average Bonchev–Trinajstić information content (AvgIpc) is 3.71. The second kappa shape index (κ2) is 7.73. The maximum absolute atomic E-state index is 12.5. The molecule has 7 rings (SSSR count). The van der Waals surface area contributed by atoms with Crippen LogP contribution in [0.25, 0.3) is 0 Å². The highest BCUT2D eigenvalue weighted by molar-refractivity contribution is 7.88. The number of ether oxygens (including phenoxy) is 1. The van der Waals surface area contributed by atoms with Gasteiger partial charge in [0.25, 0.3) is 0 Å². The number of rotatable bonds is 5. The summed E-state index contributed by atoms with van der Waals surface area (Å²) < 4.78 is 33.5. The lowest BCUT2D eigenvalue weighted by atomic mass is 9.46. The summed E-state index contributed by atoms with van der Waals surface area (Å²) in [4.78, 5) is 0. The molecule has 0 radical (unpaired) electrons. The molecular formula is C30H49NO4S. The van der Waals surface area contributed by atoms with E-state index in [4.69, 9.17) is 4.74 Å². The number of aliphatic hydroxyl groups excluding tert-OH is 1. The molecule has 0 bridgehead atoms. The SMILES string of the molecule is CC12CC[C@@]34CC35CC[C@H](O)C(C)(C)C5CCC4C1CC1OC(CN(CC3CC3)S(C)(=O)=O)CCC12. The van der Waals surface area contributed by atoms with E-state index in [2.05, 4.69) is 20.8 Å². The minimum absolute atomic E-state index is 0.0550. The summed E-state index contributed by atoms with van der Waals surface area (Å²) in [7, 11) is -3.18. The predicted octanol–water partition coefficient (Wildman–Crippen LogP) is 5.23. The van der Waals surface area contributed by atoms with Crippen molar-refractivity contribution in [2.45, 2.75) is 116 Å². The normalized spacial score (nSPS) is 53.1. The molecule has 0 amide bonds. The molecule has 0 aromatic rings. The van der Waals surface area contributed by atoms with Gasteiger partial charge in [-0.2, -0.15) is 4.31 Å². The van der Waals surface area contributed by atoms with E-state index in [0.717, 1.165) is 24.7 Å². The van der Waals surface area contributed by atoms with Crippen molar-refractivity contribution in [3.63, 3.8) is 0 Å². The maximum Gasteiger partial charge on any atom is 0.211 e. The van der Waals surface area contributed by atoms with E-state index in [9.17, 15) is 13.5 Å². The van der Waals surface area contributed by atoms with Crippen LogP contribution in [0.15, 0.2) is 0 Å². The molecule has 204 valence electrons. The molecule has 1 saturated heterocycles. The first-order chi connectivity index (χ1) is 16.9. The van der Waals surface area contributed by atoms with Crippen molar-refractivity contribution in [2.24, 2.45) is 51.2 Å². The minimum Gasteiger partial charge on any atom is -0.393 e. The van der Waals surface area contributed by atoms with Crippen LogP contribution in [0.2, 0.25) is 0 Å². The zero-order valence-corrected chi connectivity index (χ0v) is 23.9. The van der Waals surface area contributed by atoms with E-state index in [0.29, 0.717) is 53.2 Å². The quantitative estimate of drug-likeness (QED) is 0.540. The molecule has 0 aromatic carbocycles. The Labute approximate surface area is 219 Å². The number of hydrogen-bond donors (Lipinski definition) is 1. The van der Waals surface area contributed by atoms with Gasteiger partial charge in [0.15, 0.2) is 0 Å². The first-order valence-electron chi connectivity index (χ1n) is 15.2. The molecule has 10 atom stereocenters. The Hall–Kier alpha value is -0.170. The third-order valence-corrected chi connectivity index (χ3v) is 14.9. The summed E-state index contributed by atoms with van der Waals surface area (Å²) in [5.74, 6) is 3.48. The molecule has 6 heteroatoms. The van der Waals surface area contributed by atoms with Gasteiger partial charge in [-0.3, -0.25) is 0 Å². The van der Waals surface area contributed by atoms with Crippen molar-refractivity contribution in [2.75, 3.05) is 19.3 Å². The Morgan fingerprint density at radius 2 is 1.61 bits per heavy atom. The zero-order valence-electron chi connectivity index (χ0n) is 23.0. The smallest absolute Gasteiger partial charge is 0.211 e. The standard InChI is InChI=1S/C30H49NO4S/c1-27(2)25-10-9-21-23-15-24-22(8-7-20(35-24)17-31(36(4,33)34)16-19-5-6-19)28(23,3)13-14-29(21)18-30(25,29)12-11-26(27)32/h19-26,32H,5-18H2,1-4H3/t20?,21?,22?,23?,24?,25?,26-,28?,29-,30?/m0/s1. The highest BCUT2D eigenvalue weighted by Gasteiger charge is 2.80. The molecule has 6 saturated carbocycles. The number of fused-ring (bicyclic) bond motifs is 4. The molecule has 2 spiro atoms. The van der Waals surface area contributed by atoms with Gasteiger partial charge in [-0.25, -0.2) is 8.42 Å². The molecule has 1 aliphatic heterocycles. The van der Waals surface area contributed by atoms with Crippen LogP contribution < -0.4 is 0 Å². The summed E-state index contributed by atoms with van der Waals surface area (Å²) in [6, 6.07) is 0. The lowest BCUT2D eigenvalue weighted by Crippen LogP contribution is -2.54. The van der Waals surface area contributed by atoms with Crippen molar-refractivity contribution >= 4 is 10.0 Å². The van der Waals surface area contributed by atoms with Crippen molar-refractivity contribution in [1.82, 2.24) is 4.31 Å². The topological polar surface area (TPSA) is 66.8 Å². The summed E-state index contributed by atoms with van der Waals surface area (Å²) in [5, 5.41) is 10.9. The summed E-state index contributed by atoms with van der Waals surface area (Å²) in [6.45, 7) is 8.54. The van der Waals surface area contributed by atoms with Crippen LogP contribution >= 0.6 is 0 Å². The van der Waals surface area contributed by atoms with E-state index in [1.807, 2.05) is 0 Å². The van der Waals surface area contributed by atoms with E-state index < -0.39 is 10.0 Å². The van der Waals surface area contributed by atoms with Gasteiger partial charge in [0.05, 0.1) is 24.6 Å². The number of sulfonamides is 1. The van der Waals surface area contributed by atoms with Crippen molar-refractivity contribution in [3.05, 3.63) is 0 Å². The van der Waals surface area contributed by atoms with Gasteiger partial charge in [-0.15, -0.1) is 0 Å². The summed E-state index contributed by atoms with van der Waals surface area (Å²) in [6.07, 6.45) is 16.4. The van der Waals surface area contributed by atoms with Crippen LogP contribution in [-0.2, 0) is 14.8 Å². The van der Waals surface area contributed by atoms with Crippen LogP contribution in [0.4, 0.5) is 0 Å². The first-order valence-corrected chi connectivity index (χ1v) is 17.0. The highest BCUT2D eigenvalue weighted by Crippen LogP contribution is 2.87. The lowest BCUT2D eigenvalue weighted by molar-refractivity contribution is -0.135. The first kappa shape index (κ1) is 24.8. The van der Waals surface area contributed by atoms with Crippen LogP contribution in [0, 0.1) is 51.2 Å². The molecule has 1 N–H and O–H groups in total. The third-order valence-electron chi connectivity index (χ3n) is 13.7. The fourth-order valence-corrected chi connectivity index (χ4v) is 12.5. The molecule has 7 aliphatic rings. The fraction of sp³-hybridized carbons (Fsp3) is 1.00. The fourth-order valence-electron chi connectivity index (χ4n) is 11.6. The van der Waals surface area contributed by atoms with Crippen LogP contribution in [0.3, 0.4) is 0 Å². The highest BCUT2D eigenvalue weighted by atomic mass is 32.2. The molecule has 6 aliphatic carbocycles. The maximum atomic E-state index is 12.5. The predicted molar refractivity (Wildman–Crippen MR) is 141 cm³/mol. The van der Waals surface area contributed by atoms with Gasteiger partial charge in [0.1, 0.15) is 0 Å². The lowest BCUT2D eigenvalue weighted by Gasteiger charge is -2.59. The number of nitrogens with zero attached hydrogens (tertiary/aromatic N) is 1. The Morgan fingerprint density at radius 3 is 2.33 bits per heavy atom. The molecule has 8 unspecified atom stereocenters. The van der Waals surface area contributed by atoms with Crippen LogP contribution in [0.5, 0.6) is 0 Å². The van der Waals surface area contributed by atoms with Gasteiger partial charge in [0, 0.05) is 13.1 Å². The number of aliphatic hydroxyl groups is 1. The molecule has 7 fully saturated rings. The second-order valence-electron chi connectivity index (χ2n) is 15.5. The molecule has 5 nitrogen and oxygen atoms in total. The van der Waals surface area contributed by atoms with Crippen LogP contribution in [-0.4, -0.2) is 55.5 Å².